The maximum Gasteiger partial charge on any atom is 0.226 e. The second kappa shape index (κ2) is 8.44. The zero-order valence-electron chi connectivity index (χ0n) is 16.1. The molecule has 6 nitrogen and oxygen atoms in total. The number of likely N-dealkylation sites (tertiary alicyclic amines) is 1. The summed E-state index contributed by atoms with van der Waals surface area (Å²) >= 11 is 0. The molecule has 1 saturated heterocycles. The number of para-hydroxylation sites is 1. The summed E-state index contributed by atoms with van der Waals surface area (Å²) in [6, 6.07) is 13.9. The SMILES string of the molecule is COc1ccccc1COC1CCN(C(=O)Cc2ccc3[nH]ncc3c2)CC1. The predicted molar refractivity (Wildman–Crippen MR) is 107 cm³/mol. The Morgan fingerprint density at radius 2 is 2.04 bits per heavy atom. The Labute approximate surface area is 164 Å². The minimum absolute atomic E-state index is 0.172. The maximum absolute atomic E-state index is 12.7. The molecule has 2 aromatic carbocycles. The Bertz CT molecular complexity index is 945. The van der Waals surface area contributed by atoms with E-state index in [2.05, 4.69) is 10.2 Å². The van der Waals surface area contributed by atoms with Crippen molar-refractivity contribution in [2.45, 2.75) is 32.0 Å². The van der Waals surface area contributed by atoms with Gasteiger partial charge in [-0.1, -0.05) is 24.3 Å². The van der Waals surface area contributed by atoms with E-state index in [9.17, 15) is 4.79 Å². The molecule has 0 spiro atoms. The van der Waals surface area contributed by atoms with E-state index in [-0.39, 0.29) is 12.0 Å². The van der Waals surface area contributed by atoms with Gasteiger partial charge in [0.25, 0.3) is 0 Å². The number of nitrogens with zero attached hydrogens (tertiary/aromatic N) is 2. The molecule has 3 aromatic rings. The lowest BCUT2D eigenvalue weighted by Crippen LogP contribution is -2.41. The average Bonchev–Trinajstić information content (AvgIpc) is 3.20. The number of ether oxygens (including phenoxy) is 2. The number of H-pyrrole nitrogens is 1. The van der Waals surface area contributed by atoms with Gasteiger partial charge in [-0.05, 0) is 36.6 Å². The number of hydrogen-bond donors (Lipinski definition) is 1. The van der Waals surface area contributed by atoms with Crippen LogP contribution in [-0.4, -0.2) is 47.3 Å². The van der Waals surface area contributed by atoms with Gasteiger partial charge in [0, 0.05) is 24.0 Å². The van der Waals surface area contributed by atoms with Crippen molar-refractivity contribution in [2.75, 3.05) is 20.2 Å². The monoisotopic (exact) mass is 379 g/mol. The van der Waals surface area contributed by atoms with Crippen LogP contribution in [0.1, 0.15) is 24.0 Å². The zero-order chi connectivity index (χ0) is 19.3. The van der Waals surface area contributed by atoms with Gasteiger partial charge in [0.2, 0.25) is 5.91 Å². The fraction of sp³-hybridized carbons (Fsp3) is 0.364. The van der Waals surface area contributed by atoms with E-state index in [0.717, 1.165) is 53.7 Å². The van der Waals surface area contributed by atoms with Crippen molar-refractivity contribution in [3.8, 4) is 5.75 Å². The normalized spacial score (nSPS) is 15.1. The number of carbonyl (C=O) groups is 1. The van der Waals surface area contributed by atoms with Crippen LogP contribution in [0.4, 0.5) is 0 Å². The number of amides is 1. The van der Waals surface area contributed by atoms with Gasteiger partial charge < -0.3 is 14.4 Å². The van der Waals surface area contributed by atoms with Gasteiger partial charge in [-0.15, -0.1) is 0 Å². The lowest BCUT2D eigenvalue weighted by atomic mass is 10.0. The van der Waals surface area contributed by atoms with Gasteiger partial charge in [0.15, 0.2) is 0 Å². The molecule has 0 radical (unpaired) electrons. The van der Waals surface area contributed by atoms with Crippen LogP contribution in [0, 0.1) is 0 Å². The van der Waals surface area contributed by atoms with E-state index >= 15 is 0 Å². The van der Waals surface area contributed by atoms with Crippen LogP contribution in [0.25, 0.3) is 10.9 Å². The van der Waals surface area contributed by atoms with Crippen LogP contribution in [-0.2, 0) is 22.6 Å². The Balaban J connectivity index is 1.27. The predicted octanol–water partition coefficient (Wildman–Crippen LogP) is 3.32. The Hall–Kier alpha value is -2.86. The van der Waals surface area contributed by atoms with Crippen LogP contribution < -0.4 is 4.74 Å². The Morgan fingerprint density at radius 1 is 1.21 bits per heavy atom. The molecule has 0 unspecified atom stereocenters. The third-order valence-corrected chi connectivity index (χ3v) is 5.32. The molecule has 1 aliphatic rings. The average molecular weight is 379 g/mol. The number of methoxy groups -OCH3 is 1. The number of nitrogens with one attached hydrogen (secondary N) is 1. The fourth-order valence-corrected chi connectivity index (χ4v) is 3.69. The molecule has 0 atom stereocenters. The highest BCUT2D eigenvalue weighted by Crippen LogP contribution is 2.22. The second-order valence-electron chi connectivity index (χ2n) is 7.17. The van der Waals surface area contributed by atoms with Crippen molar-refractivity contribution in [2.24, 2.45) is 0 Å². The topological polar surface area (TPSA) is 67.5 Å². The number of carbonyl (C=O) groups excluding carboxylic acids is 1. The third kappa shape index (κ3) is 4.17. The standard InChI is InChI=1S/C22H25N3O3/c1-27-21-5-3-2-4-17(21)15-28-19-8-10-25(11-9-19)22(26)13-16-6-7-20-18(12-16)14-23-24-20/h2-7,12,14,19H,8-11,13,15H2,1H3,(H,23,24). The van der Waals surface area contributed by atoms with Gasteiger partial charge in [-0.2, -0.15) is 5.10 Å². The molecule has 1 aromatic heterocycles. The summed E-state index contributed by atoms with van der Waals surface area (Å²) in [5.41, 5.74) is 3.07. The molecule has 1 aliphatic heterocycles. The molecule has 28 heavy (non-hydrogen) atoms. The van der Waals surface area contributed by atoms with Crippen LogP contribution in [0.15, 0.2) is 48.7 Å². The molecule has 146 valence electrons. The molecule has 2 heterocycles. The lowest BCUT2D eigenvalue weighted by molar-refractivity contribution is -0.133. The first-order valence-electron chi connectivity index (χ1n) is 9.66. The number of benzene rings is 2. The first-order valence-corrected chi connectivity index (χ1v) is 9.66. The van der Waals surface area contributed by atoms with Crippen molar-refractivity contribution in [1.29, 1.82) is 0 Å². The van der Waals surface area contributed by atoms with Crippen LogP contribution >= 0.6 is 0 Å². The van der Waals surface area contributed by atoms with Gasteiger partial charge in [-0.25, -0.2) is 0 Å². The minimum Gasteiger partial charge on any atom is -0.496 e. The molecule has 4 rings (SSSR count). The van der Waals surface area contributed by atoms with E-state index < -0.39 is 0 Å². The fourth-order valence-electron chi connectivity index (χ4n) is 3.69. The van der Waals surface area contributed by atoms with Gasteiger partial charge in [0.05, 0.1) is 38.0 Å². The highest BCUT2D eigenvalue weighted by Gasteiger charge is 2.23. The molecule has 0 aliphatic carbocycles. The summed E-state index contributed by atoms with van der Waals surface area (Å²) in [6.45, 7) is 2.01. The van der Waals surface area contributed by atoms with Crippen molar-refractivity contribution in [1.82, 2.24) is 15.1 Å². The summed E-state index contributed by atoms with van der Waals surface area (Å²) in [5, 5.41) is 8.00. The maximum atomic E-state index is 12.7. The van der Waals surface area contributed by atoms with Crippen molar-refractivity contribution < 1.29 is 14.3 Å². The quantitative estimate of drug-likeness (QED) is 0.713. The van der Waals surface area contributed by atoms with Gasteiger partial charge in [0.1, 0.15) is 5.75 Å². The number of aromatic amines is 1. The largest absolute Gasteiger partial charge is 0.496 e. The Morgan fingerprint density at radius 3 is 2.86 bits per heavy atom. The number of fused-ring (bicyclic) bond motifs is 1. The van der Waals surface area contributed by atoms with E-state index in [1.54, 1.807) is 13.3 Å². The van der Waals surface area contributed by atoms with Crippen molar-refractivity contribution in [3.63, 3.8) is 0 Å². The molecule has 1 fully saturated rings. The Kier molecular flexibility index (Phi) is 5.58. The van der Waals surface area contributed by atoms with Crippen molar-refractivity contribution in [3.05, 3.63) is 59.8 Å². The minimum atomic E-state index is 0.172. The van der Waals surface area contributed by atoms with Gasteiger partial charge in [-0.3, -0.25) is 9.89 Å². The molecule has 1 amide bonds. The van der Waals surface area contributed by atoms with E-state index in [0.29, 0.717) is 13.0 Å². The first-order chi connectivity index (χ1) is 13.7. The van der Waals surface area contributed by atoms with E-state index in [4.69, 9.17) is 9.47 Å². The summed E-state index contributed by atoms with van der Waals surface area (Å²) < 4.78 is 11.4. The molecular weight excluding hydrogens is 354 g/mol. The van der Waals surface area contributed by atoms with Crippen LogP contribution in [0.5, 0.6) is 5.75 Å². The first kappa shape index (κ1) is 18.5. The smallest absolute Gasteiger partial charge is 0.226 e. The summed E-state index contributed by atoms with van der Waals surface area (Å²) in [5.74, 6) is 1.02. The summed E-state index contributed by atoms with van der Waals surface area (Å²) in [4.78, 5) is 14.6. The zero-order valence-corrected chi connectivity index (χ0v) is 16.1. The number of hydrogen-bond acceptors (Lipinski definition) is 4. The second-order valence-corrected chi connectivity index (χ2v) is 7.17. The number of piperidine rings is 1. The van der Waals surface area contributed by atoms with E-state index in [1.165, 1.54) is 0 Å². The molecule has 6 heteroatoms. The molecule has 1 N–H and O–H groups in total. The van der Waals surface area contributed by atoms with Gasteiger partial charge >= 0.3 is 0 Å². The van der Waals surface area contributed by atoms with E-state index in [1.807, 2.05) is 47.4 Å². The lowest BCUT2D eigenvalue weighted by Gasteiger charge is -2.32. The number of aromatic nitrogens is 2. The molecule has 0 bridgehead atoms. The summed E-state index contributed by atoms with van der Waals surface area (Å²) in [6.07, 6.45) is 4.11. The van der Waals surface area contributed by atoms with Crippen LogP contribution in [0.2, 0.25) is 0 Å². The van der Waals surface area contributed by atoms with Crippen molar-refractivity contribution >= 4 is 16.8 Å². The highest BCUT2D eigenvalue weighted by molar-refractivity contribution is 5.83. The van der Waals surface area contributed by atoms with Crippen LogP contribution in [0.3, 0.4) is 0 Å². The number of rotatable bonds is 6. The third-order valence-electron chi connectivity index (χ3n) is 5.32. The molecule has 0 saturated carbocycles. The molecular formula is C22H25N3O3. The highest BCUT2D eigenvalue weighted by atomic mass is 16.5. The summed E-state index contributed by atoms with van der Waals surface area (Å²) in [7, 11) is 1.67.